The van der Waals surface area contributed by atoms with Crippen molar-refractivity contribution in [2.45, 2.75) is 24.9 Å². The predicted molar refractivity (Wildman–Crippen MR) is 42.8 cm³/mol. The van der Waals surface area contributed by atoms with Gasteiger partial charge in [-0.05, 0) is 6.92 Å². The second-order valence-electron chi connectivity index (χ2n) is 3.25. The lowest BCUT2D eigenvalue weighted by molar-refractivity contribution is -0.361. The van der Waals surface area contributed by atoms with Crippen LogP contribution in [0.3, 0.4) is 0 Å². The molecular formula is C7H8F7N3. The van der Waals surface area contributed by atoms with Crippen molar-refractivity contribution in [2.75, 3.05) is 0 Å². The highest BCUT2D eigenvalue weighted by Gasteiger charge is 2.75. The van der Waals surface area contributed by atoms with Crippen LogP contribution in [0.5, 0.6) is 0 Å². The van der Waals surface area contributed by atoms with Crippen LogP contribution >= 0.6 is 0 Å². The van der Waals surface area contributed by atoms with E-state index in [-0.39, 0.29) is 11.9 Å². The summed E-state index contributed by atoms with van der Waals surface area (Å²) in [4.78, 5) is 2.88. The smallest absolute Gasteiger partial charge is 0.247 e. The lowest BCUT2D eigenvalue weighted by Gasteiger charge is -2.26. The lowest BCUT2D eigenvalue weighted by Crippen LogP contribution is -2.51. The van der Waals surface area contributed by atoms with Gasteiger partial charge < -0.3 is 0 Å². The van der Waals surface area contributed by atoms with Gasteiger partial charge in [-0.15, -0.1) is 0 Å². The minimum absolute atomic E-state index is 0. The van der Waals surface area contributed by atoms with Crippen LogP contribution in [0.2, 0.25) is 0 Å². The predicted octanol–water partition coefficient (Wildman–Crippen LogP) is 2.66. The van der Waals surface area contributed by atoms with Crippen LogP contribution in [-0.4, -0.2) is 26.9 Å². The monoisotopic (exact) mass is 267 g/mol. The Bertz CT molecular complexity index is 425. The van der Waals surface area contributed by atoms with E-state index in [9.17, 15) is 30.7 Å². The average molecular weight is 267 g/mol. The number of halogens is 7. The van der Waals surface area contributed by atoms with Gasteiger partial charge in [0.25, 0.3) is 0 Å². The molecule has 0 fully saturated rings. The van der Waals surface area contributed by atoms with Crippen LogP contribution in [0.4, 0.5) is 30.7 Å². The highest BCUT2D eigenvalue weighted by molar-refractivity contribution is 5.07. The van der Waals surface area contributed by atoms with Gasteiger partial charge in [-0.1, -0.05) is 0 Å². The van der Waals surface area contributed by atoms with Gasteiger partial charge in [0.2, 0.25) is 5.82 Å². The van der Waals surface area contributed by atoms with Gasteiger partial charge in [0, 0.05) is 8.47 Å². The number of hydrogen-bond donors (Lipinski definition) is 0. The molecule has 0 aromatic carbocycles. The summed E-state index contributed by atoms with van der Waals surface area (Å²) >= 11 is 0. The first-order valence-corrected chi connectivity index (χ1v) is 4.11. The summed E-state index contributed by atoms with van der Waals surface area (Å²) in [5.74, 6) is -13.8. The lowest BCUT2D eigenvalue weighted by atomic mass is 10.1. The average Bonchev–Trinajstić information content (AvgIpc) is 2.43. The summed E-state index contributed by atoms with van der Waals surface area (Å²) in [6, 6.07) is 0. The molecule has 1 heterocycles. The van der Waals surface area contributed by atoms with Gasteiger partial charge in [-0.3, -0.25) is 0 Å². The molecule has 0 saturated heterocycles. The molecule has 0 atom stereocenters. The Balaban J connectivity index is 0.00000289. The molecule has 0 bridgehead atoms. The van der Waals surface area contributed by atoms with Crippen LogP contribution < -0.4 is 0 Å². The molecule has 1 aromatic heterocycles. The molecule has 0 aliphatic carbocycles. The summed E-state index contributed by atoms with van der Waals surface area (Å²) in [5, 5.41) is 3.20. The van der Waals surface area contributed by atoms with Crippen molar-refractivity contribution >= 4 is 0 Å². The minimum Gasteiger partial charge on any atom is -0.247 e. The summed E-state index contributed by atoms with van der Waals surface area (Å²) in [6.45, 7) is 1.09. The molecule has 0 saturated carbocycles. The number of hydrogen-bond acceptors (Lipinski definition) is 2. The fraction of sp³-hybridized carbons (Fsp3) is 0.714. The highest BCUT2D eigenvalue weighted by Crippen LogP contribution is 2.51. The molecule has 0 spiro atoms. The Labute approximate surface area is 91.7 Å². The van der Waals surface area contributed by atoms with Crippen LogP contribution in [-0.2, 0) is 13.0 Å². The Morgan fingerprint density at radius 3 is 1.82 bits per heavy atom. The van der Waals surface area contributed by atoms with E-state index in [0.29, 0.717) is 0 Å². The summed E-state index contributed by atoms with van der Waals surface area (Å²) in [6.07, 6.45) is -6.38. The number of aromatic nitrogens is 3. The molecule has 1 rings (SSSR count). The maximum absolute atomic E-state index is 13.1. The molecule has 100 valence electrons. The van der Waals surface area contributed by atoms with Gasteiger partial charge in [0.1, 0.15) is 5.82 Å². The van der Waals surface area contributed by atoms with E-state index >= 15 is 0 Å². The van der Waals surface area contributed by atoms with E-state index in [1.807, 2.05) is 0 Å². The van der Waals surface area contributed by atoms with Crippen molar-refractivity contribution in [3.05, 3.63) is 11.6 Å². The topological polar surface area (TPSA) is 30.7 Å². The van der Waals surface area contributed by atoms with E-state index in [1.165, 1.54) is 0 Å². The number of alkyl halides is 7. The van der Waals surface area contributed by atoms with E-state index in [0.717, 1.165) is 14.0 Å². The summed E-state index contributed by atoms with van der Waals surface area (Å²) < 4.78 is 87.3. The maximum Gasteiger partial charge on any atom is 0.460 e. The Hall–Kier alpha value is -1.35. The Kier molecular flexibility index (Phi) is 2.88. The molecular weight excluding hydrogens is 259 g/mol. The molecule has 0 unspecified atom stereocenters. The van der Waals surface area contributed by atoms with E-state index in [2.05, 4.69) is 10.1 Å². The van der Waals surface area contributed by atoms with Crippen LogP contribution in [0.15, 0.2) is 0 Å². The largest absolute Gasteiger partial charge is 0.460 e. The van der Waals surface area contributed by atoms with Crippen LogP contribution in [0.1, 0.15) is 13.1 Å². The molecule has 1 aromatic rings. The molecule has 0 aliphatic heterocycles. The van der Waals surface area contributed by atoms with Crippen molar-refractivity contribution in [1.29, 1.82) is 0 Å². The number of rotatable bonds is 2. The fourth-order valence-electron chi connectivity index (χ4n) is 1.10. The van der Waals surface area contributed by atoms with E-state index in [4.69, 9.17) is 0 Å². The molecule has 10 heteroatoms. The zero-order valence-electron chi connectivity index (χ0n) is 8.49. The molecule has 3 nitrogen and oxygen atoms in total. The Morgan fingerprint density at radius 2 is 1.53 bits per heavy atom. The maximum atomic E-state index is 13.1. The van der Waals surface area contributed by atoms with Crippen molar-refractivity contribution < 1.29 is 32.2 Å². The summed E-state index contributed by atoms with van der Waals surface area (Å²) in [5.41, 5.74) is 0. The Morgan fingerprint density at radius 1 is 1.06 bits per heavy atom. The van der Waals surface area contributed by atoms with Gasteiger partial charge in [0.05, 0.1) is 0 Å². The molecule has 0 N–H and O–H groups in total. The molecule has 17 heavy (non-hydrogen) atoms. The van der Waals surface area contributed by atoms with Crippen molar-refractivity contribution in [3.63, 3.8) is 0 Å². The zero-order chi connectivity index (χ0) is 13.6. The third kappa shape index (κ3) is 1.95. The van der Waals surface area contributed by atoms with E-state index in [1.54, 1.807) is 0 Å². The second-order valence-corrected chi connectivity index (χ2v) is 3.25. The number of aryl methyl sites for hydroxylation is 2. The quantitative estimate of drug-likeness (QED) is 0.771. The second kappa shape index (κ2) is 3.57. The van der Waals surface area contributed by atoms with E-state index < -0.39 is 23.8 Å². The number of nitrogens with zero attached hydrogens (tertiary/aromatic N) is 3. The highest BCUT2D eigenvalue weighted by atomic mass is 19.4. The van der Waals surface area contributed by atoms with Gasteiger partial charge >= 0.3 is 18.0 Å². The molecule has 0 amide bonds. The first kappa shape index (κ1) is 13.7. The SMILES string of the molecule is Cc1nc(C(F)(F)C(F)(F)C(F)(F)F)n(C)n1.[HH]. The normalized spacial score (nSPS) is 14.2. The van der Waals surface area contributed by atoms with Crippen molar-refractivity contribution in [3.8, 4) is 0 Å². The standard InChI is InChI=1S/C7H6F7N3.H2/c1-3-15-4(17(2)16-3)5(8,9)6(10,11)7(12,13)14;/h1-2H3;1H. The first-order valence-electron chi connectivity index (χ1n) is 4.11. The van der Waals surface area contributed by atoms with Crippen LogP contribution in [0, 0.1) is 6.92 Å². The van der Waals surface area contributed by atoms with Crippen molar-refractivity contribution in [1.82, 2.24) is 14.8 Å². The fourth-order valence-corrected chi connectivity index (χ4v) is 1.10. The van der Waals surface area contributed by atoms with Crippen LogP contribution in [0.25, 0.3) is 0 Å². The zero-order valence-corrected chi connectivity index (χ0v) is 8.49. The third-order valence-electron chi connectivity index (χ3n) is 1.90. The van der Waals surface area contributed by atoms with Crippen molar-refractivity contribution in [2.24, 2.45) is 7.05 Å². The first-order chi connectivity index (χ1) is 7.41. The van der Waals surface area contributed by atoms with Gasteiger partial charge in [-0.2, -0.15) is 35.8 Å². The van der Waals surface area contributed by atoms with Gasteiger partial charge in [0.15, 0.2) is 0 Å². The molecule has 0 aliphatic rings. The summed E-state index contributed by atoms with van der Waals surface area (Å²) in [7, 11) is 0.801. The molecule has 0 radical (unpaired) electrons. The third-order valence-corrected chi connectivity index (χ3v) is 1.90. The van der Waals surface area contributed by atoms with Gasteiger partial charge in [-0.25, -0.2) is 9.67 Å². The minimum atomic E-state index is -6.38.